The van der Waals surface area contributed by atoms with Crippen LogP contribution in [-0.2, 0) is 7.05 Å². The summed E-state index contributed by atoms with van der Waals surface area (Å²) in [6.07, 6.45) is 1.78. The van der Waals surface area contributed by atoms with Crippen molar-refractivity contribution in [1.82, 2.24) is 4.57 Å². The summed E-state index contributed by atoms with van der Waals surface area (Å²) in [5.41, 5.74) is 1.56. The molecule has 4 heteroatoms. The number of nitrogens with zero attached hydrogens (tertiary/aromatic N) is 2. The minimum atomic E-state index is 0.552. The maximum atomic E-state index is 8.94. The molecule has 0 saturated heterocycles. The fourth-order valence-electron chi connectivity index (χ4n) is 1.63. The van der Waals surface area contributed by atoms with Gasteiger partial charge in [0.2, 0.25) is 0 Å². The molecule has 1 heterocycles. The molecule has 0 aliphatic heterocycles. The molecule has 0 amide bonds. The van der Waals surface area contributed by atoms with Crippen LogP contribution in [0.1, 0.15) is 5.56 Å². The summed E-state index contributed by atoms with van der Waals surface area (Å²) in [4.78, 5) is 0. The second-order valence-electron chi connectivity index (χ2n) is 3.27. The highest BCUT2D eigenvalue weighted by Gasteiger charge is 2.10. The number of hydrogen-bond acceptors (Lipinski definition) is 2. The Morgan fingerprint density at radius 1 is 1.47 bits per heavy atom. The van der Waals surface area contributed by atoms with Gasteiger partial charge in [-0.05, 0) is 12.1 Å². The largest absolute Gasteiger partial charge is 0.495 e. The van der Waals surface area contributed by atoms with Gasteiger partial charge in [0.25, 0.3) is 0 Å². The fraction of sp³-hybridized carbons (Fsp3) is 0.182. The Kier molecular flexibility index (Phi) is 2.29. The van der Waals surface area contributed by atoms with Crippen LogP contribution < -0.4 is 4.74 Å². The van der Waals surface area contributed by atoms with Crippen LogP contribution in [0.15, 0.2) is 18.3 Å². The Hall–Kier alpha value is -1.66. The number of rotatable bonds is 1. The molecule has 0 bridgehead atoms. The third-order valence-corrected chi connectivity index (χ3v) is 2.68. The Morgan fingerprint density at radius 2 is 2.20 bits per heavy atom. The topological polar surface area (TPSA) is 37.9 Å². The van der Waals surface area contributed by atoms with Gasteiger partial charge in [0, 0.05) is 18.6 Å². The Balaban J connectivity index is 2.85. The zero-order valence-electron chi connectivity index (χ0n) is 8.41. The van der Waals surface area contributed by atoms with Crippen molar-refractivity contribution < 1.29 is 4.74 Å². The summed E-state index contributed by atoms with van der Waals surface area (Å²) >= 11 is 6.01. The van der Waals surface area contributed by atoms with E-state index in [0.29, 0.717) is 16.3 Å². The monoisotopic (exact) mass is 220 g/mol. The second-order valence-corrected chi connectivity index (χ2v) is 3.68. The third kappa shape index (κ3) is 1.43. The van der Waals surface area contributed by atoms with Gasteiger partial charge in [0.15, 0.2) is 0 Å². The minimum absolute atomic E-state index is 0.552. The Labute approximate surface area is 92.4 Å². The minimum Gasteiger partial charge on any atom is -0.495 e. The number of methoxy groups -OCH3 is 1. The molecule has 0 spiro atoms. The van der Waals surface area contributed by atoms with E-state index in [1.807, 2.05) is 11.6 Å². The van der Waals surface area contributed by atoms with Gasteiger partial charge in [-0.3, -0.25) is 0 Å². The number of halogens is 1. The molecule has 1 aromatic heterocycles. The van der Waals surface area contributed by atoms with E-state index in [4.69, 9.17) is 21.6 Å². The molecule has 15 heavy (non-hydrogen) atoms. The van der Waals surface area contributed by atoms with Crippen molar-refractivity contribution >= 4 is 22.5 Å². The molecule has 0 radical (unpaired) electrons. The van der Waals surface area contributed by atoms with Gasteiger partial charge in [-0.25, -0.2) is 0 Å². The summed E-state index contributed by atoms with van der Waals surface area (Å²) in [5, 5.41) is 10.4. The molecule has 0 saturated carbocycles. The number of aryl methyl sites for hydroxylation is 1. The maximum Gasteiger partial charge on any atom is 0.138 e. The molecule has 1 aromatic carbocycles. The van der Waals surface area contributed by atoms with Gasteiger partial charge in [-0.15, -0.1) is 0 Å². The van der Waals surface area contributed by atoms with Crippen molar-refractivity contribution in [3.8, 4) is 11.8 Å². The molecule has 0 unspecified atom stereocenters. The standard InChI is InChI=1S/C11H9ClN2O/c1-14-6-7(5-13)8-3-11(15-2)9(12)4-10(8)14/h3-4,6H,1-2H3. The Bertz CT molecular complexity index is 566. The van der Waals surface area contributed by atoms with Gasteiger partial charge in [0.1, 0.15) is 11.8 Å². The lowest BCUT2D eigenvalue weighted by atomic mass is 10.2. The van der Waals surface area contributed by atoms with Crippen molar-refractivity contribution in [3.63, 3.8) is 0 Å². The van der Waals surface area contributed by atoms with Crippen molar-refractivity contribution in [2.45, 2.75) is 0 Å². The molecule has 0 aliphatic rings. The van der Waals surface area contributed by atoms with E-state index in [1.54, 1.807) is 25.4 Å². The van der Waals surface area contributed by atoms with Crippen LogP contribution in [0.25, 0.3) is 10.9 Å². The third-order valence-electron chi connectivity index (χ3n) is 2.38. The Morgan fingerprint density at radius 3 is 2.80 bits per heavy atom. The number of hydrogen-bond donors (Lipinski definition) is 0. The van der Waals surface area contributed by atoms with Crippen molar-refractivity contribution in [3.05, 3.63) is 28.9 Å². The fourth-order valence-corrected chi connectivity index (χ4v) is 1.86. The summed E-state index contributed by atoms with van der Waals surface area (Å²) in [5.74, 6) is 0.590. The van der Waals surface area contributed by atoms with E-state index in [9.17, 15) is 0 Å². The molecular formula is C11H9ClN2O. The molecule has 0 atom stereocenters. The summed E-state index contributed by atoms with van der Waals surface area (Å²) in [6, 6.07) is 5.73. The summed E-state index contributed by atoms with van der Waals surface area (Å²) < 4.78 is 6.99. The van der Waals surface area contributed by atoms with Crippen molar-refractivity contribution in [2.75, 3.05) is 7.11 Å². The predicted molar refractivity (Wildman–Crippen MR) is 59.2 cm³/mol. The van der Waals surface area contributed by atoms with E-state index < -0.39 is 0 Å². The molecular weight excluding hydrogens is 212 g/mol. The lowest BCUT2D eigenvalue weighted by Crippen LogP contribution is -1.86. The zero-order valence-corrected chi connectivity index (χ0v) is 9.17. The smallest absolute Gasteiger partial charge is 0.138 e. The first kappa shape index (κ1) is 9.88. The van der Waals surface area contributed by atoms with E-state index in [2.05, 4.69) is 6.07 Å². The first-order valence-electron chi connectivity index (χ1n) is 4.40. The van der Waals surface area contributed by atoms with Crippen LogP contribution in [0.2, 0.25) is 5.02 Å². The highest BCUT2D eigenvalue weighted by atomic mass is 35.5. The normalized spacial score (nSPS) is 10.3. The summed E-state index contributed by atoms with van der Waals surface area (Å²) in [6.45, 7) is 0. The quantitative estimate of drug-likeness (QED) is 0.741. The van der Waals surface area contributed by atoms with E-state index in [-0.39, 0.29) is 0 Å². The highest BCUT2D eigenvalue weighted by Crippen LogP contribution is 2.31. The number of ether oxygens (including phenoxy) is 1. The van der Waals surface area contributed by atoms with Gasteiger partial charge in [0.05, 0.1) is 23.2 Å². The van der Waals surface area contributed by atoms with E-state index in [1.165, 1.54) is 0 Å². The molecule has 0 fully saturated rings. The maximum absolute atomic E-state index is 8.94. The van der Waals surface area contributed by atoms with Gasteiger partial charge in [-0.1, -0.05) is 11.6 Å². The van der Waals surface area contributed by atoms with Crippen LogP contribution in [-0.4, -0.2) is 11.7 Å². The lowest BCUT2D eigenvalue weighted by molar-refractivity contribution is 0.415. The molecule has 0 aliphatic carbocycles. The molecule has 0 N–H and O–H groups in total. The van der Waals surface area contributed by atoms with Gasteiger partial charge in [-0.2, -0.15) is 5.26 Å². The molecule has 2 aromatic rings. The van der Waals surface area contributed by atoms with Crippen molar-refractivity contribution in [1.29, 1.82) is 5.26 Å². The van der Waals surface area contributed by atoms with Crippen LogP contribution in [0.5, 0.6) is 5.75 Å². The SMILES string of the molecule is COc1cc2c(C#N)cn(C)c2cc1Cl. The number of nitriles is 1. The predicted octanol–water partition coefficient (Wildman–Crippen LogP) is 2.71. The van der Waals surface area contributed by atoms with Crippen LogP contribution in [0.3, 0.4) is 0 Å². The lowest BCUT2D eigenvalue weighted by Gasteiger charge is -2.03. The van der Waals surface area contributed by atoms with Crippen LogP contribution >= 0.6 is 11.6 Å². The zero-order chi connectivity index (χ0) is 11.0. The number of aromatic nitrogens is 1. The average Bonchev–Trinajstić information content (AvgIpc) is 2.54. The van der Waals surface area contributed by atoms with Gasteiger partial charge >= 0.3 is 0 Å². The van der Waals surface area contributed by atoms with Crippen LogP contribution in [0.4, 0.5) is 0 Å². The number of fused-ring (bicyclic) bond motifs is 1. The second kappa shape index (κ2) is 3.48. The first-order chi connectivity index (χ1) is 7.17. The molecule has 3 nitrogen and oxygen atoms in total. The molecule has 2 rings (SSSR count). The van der Waals surface area contributed by atoms with E-state index in [0.717, 1.165) is 10.9 Å². The summed E-state index contributed by atoms with van der Waals surface area (Å²) in [7, 11) is 3.44. The number of benzene rings is 1. The van der Waals surface area contributed by atoms with Gasteiger partial charge < -0.3 is 9.30 Å². The van der Waals surface area contributed by atoms with Crippen molar-refractivity contribution in [2.24, 2.45) is 7.05 Å². The first-order valence-corrected chi connectivity index (χ1v) is 4.78. The van der Waals surface area contributed by atoms with E-state index >= 15 is 0 Å². The highest BCUT2D eigenvalue weighted by molar-refractivity contribution is 6.32. The molecule has 76 valence electrons. The van der Waals surface area contributed by atoms with Crippen LogP contribution in [0, 0.1) is 11.3 Å². The average molecular weight is 221 g/mol.